The molecule has 8 nitrogen and oxygen atoms in total. The maximum Gasteiger partial charge on any atom is 0.345 e. The Morgan fingerprint density at radius 1 is 1.20 bits per heavy atom. The Kier molecular flexibility index (Phi) is 7.86. The Balaban J connectivity index is 2.33. The lowest BCUT2D eigenvalue weighted by molar-refractivity contribution is -0.133. The highest BCUT2D eigenvalue weighted by atomic mass is 19.3. The van der Waals surface area contributed by atoms with Crippen molar-refractivity contribution < 1.29 is 31.8 Å². The van der Waals surface area contributed by atoms with Gasteiger partial charge in [-0.05, 0) is 6.42 Å². The van der Waals surface area contributed by atoms with E-state index in [-0.39, 0.29) is 42.2 Å². The van der Waals surface area contributed by atoms with E-state index >= 15 is 0 Å². The van der Waals surface area contributed by atoms with Gasteiger partial charge in [-0.1, -0.05) is 6.92 Å². The van der Waals surface area contributed by atoms with Gasteiger partial charge in [0.15, 0.2) is 5.75 Å². The molecule has 1 amide bonds. The summed E-state index contributed by atoms with van der Waals surface area (Å²) in [6.45, 7) is 0.183. The van der Waals surface area contributed by atoms with Crippen LogP contribution in [-0.2, 0) is 21.9 Å². The van der Waals surface area contributed by atoms with E-state index in [0.29, 0.717) is 19.0 Å². The molecule has 0 aliphatic rings. The molecule has 0 bridgehead atoms. The van der Waals surface area contributed by atoms with Crippen molar-refractivity contribution in [1.29, 1.82) is 0 Å². The van der Waals surface area contributed by atoms with E-state index in [1.807, 2.05) is 0 Å². The van der Waals surface area contributed by atoms with E-state index < -0.39 is 18.4 Å². The van der Waals surface area contributed by atoms with Gasteiger partial charge in [-0.2, -0.15) is 17.6 Å². The van der Waals surface area contributed by atoms with E-state index in [2.05, 4.69) is 30.3 Å². The van der Waals surface area contributed by atoms with E-state index in [1.165, 1.54) is 25.3 Å². The summed E-state index contributed by atoms with van der Waals surface area (Å²) < 4.78 is 61.2. The summed E-state index contributed by atoms with van der Waals surface area (Å²) in [5.74, 6) is -3.96. The van der Waals surface area contributed by atoms with Crippen LogP contribution in [0.5, 0.6) is 5.75 Å². The number of carbonyl (C=O) groups excluding carboxylic acids is 1. The molecular formula is C18H21F4N5O3. The maximum atomic E-state index is 13.7. The number of alkyl halides is 4. The number of amides is 1. The number of aryl methyl sites for hydroxylation is 1. The molecule has 30 heavy (non-hydrogen) atoms. The van der Waals surface area contributed by atoms with Gasteiger partial charge < -0.3 is 20.1 Å². The van der Waals surface area contributed by atoms with Crippen LogP contribution in [0.25, 0.3) is 0 Å². The lowest BCUT2D eigenvalue weighted by Crippen LogP contribution is -2.15. The first kappa shape index (κ1) is 23.3. The van der Waals surface area contributed by atoms with Crippen LogP contribution < -0.4 is 15.4 Å². The average Bonchev–Trinajstić information content (AvgIpc) is 2.65. The van der Waals surface area contributed by atoms with Crippen molar-refractivity contribution in [2.45, 2.75) is 39.7 Å². The predicted octanol–water partition coefficient (Wildman–Crippen LogP) is 3.87. The summed E-state index contributed by atoms with van der Waals surface area (Å²) in [6.07, 6.45) is 1.63. The van der Waals surface area contributed by atoms with Gasteiger partial charge in [0.1, 0.15) is 18.2 Å². The second kappa shape index (κ2) is 10.1. The van der Waals surface area contributed by atoms with Crippen molar-refractivity contribution in [3.63, 3.8) is 0 Å². The van der Waals surface area contributed by atoms with Crippen LogP contribution in [0.1, 0.15) is 32.3 Å². The number of nitrogens with one attached hydrogen (secondary N) is 2. The third kappa shape index (κ3) is 7.10. The average molecular weight is 431 g/mol. The number of hydrogen-bond acceptors (Lipinski definition) is 7. The minimum absolute atomic E-state index is 0.0621. The van der Waals surface area contributed by atoms with Gasteiger partial charge in [0.25, 0.3) is 0 Å². The standard InChI is InChI=1S/C18H21F4N5O3/c1-4-11-7-15(27-16(25-11)18(3,21)22)26-12-8-14(24-10(2)28)23-9-13(12)29-5-6-30-17(19)20/h7-9,17H,4-6H2,1-3H3,(H2,23,24,25,26,27,28). The molecule has 12 heteroatoms. The topological polar surface area (TPSA) is 98.3 Å². The Labute approximate surface area is 170 Å². The molecule has 0 aromatic carbocycles. The summed E-state index contributed by atoms with van der Waals surface area (Å²) in [5.41, 5.74) is 0.602. The minimum Gasteiger partial charge on any atom is -0.487 e. The number of pyridine rings is 1. The third-order valence-corrected chi connectivity index (χ3v) is 3.55. The Bertz CT molecular complexity index is 877. The molecule has 2 N–H and O–H groups in total. The fraction of sp³-hybridized carbons (Fsp3) is 0.444. The first-order valence-electron chi connectivity index (χ1n) is 8.92. The molecule has 0 atom stereocenters. The van der Waals surface area contributed by atoms with Crippen molar-refractivity contribution in [2.75, 3.05) is 23.8 Å². The maximum absolute atomic E-state index is 13.7. The van der Waals surface area contributed by atoms with Crippen molar-refractivity contribution in [1.82, 2.24) is 15.0 Å². The lowest BCUT2D eigenvalue weighted by atomic mass is 10.2. The highest BCUT2D eigenvalue weighted by Crippen LogP contribution is 2.31. The van der Waals surface area contributed by atoms with Gasteiger partial charge in [0.2, 0.25) is 11.7 Å². The molecule has 0 aliphatic carbocycles. The monoisotopic (exact) mass is 431 g/mol. The molecule has 0 saturated carbocycles. The zero-order valence-electron chi connectivity index (χ0n) is 16.5. The molecule has 0 unspecified atom stereocenters. The van der Waals surface area contributed by atoms with Crippen LogP contribution in [-0.4, -0.2) is 40.7 Å². The van der Waals surface area contributed by atoms with Gasteiger partial charge >= 0.3 is 12.5 Å². The van der Waals surface area contributed by atoms with Gasteiger partial charge in [-0.15, -0.1) is 0 Å². The normalized spacial score (nSPS) is 11.5. The SMILES string of the molecule is CCc1cc(Nc2cc(NC(C)=O)ncc2OCCOC(F)F)nc(C(C)(F)F)n1. The number of carbonyl (C=O) groups is 1. The van der Waals surface area contributed by atoms with Crippen LogP contribution in [0.15, 0.2) is 18.3 Å². The van der Waals surface area contributed by atoms with Crippen LogP contribution >= 0.6 is 0 Å². The second-order valence-electron chi connectivity index (χ2n) is 6.16. The lowest BCUT2D eigenvalue weighted by Gasteiger charge is -2.16. The Hall–Kier alpha value is -3.02. The van der Waals surface area contributed by atoms with E-state index in [1.54, 1.807) is 6.92 Å². The summed E-state index contributed by atoms with van der Waals surface area (Å²) in [5, 5.41) is 5.31. The van der Waals surface area contributed by atoms with Crippen molar-refractivity contribution in [3.8, 4) is 5.75 Å². The molecule has 2 aromatic heterocycles. The van der Waals surface area contributed by atoms with Crippen molar-refractivity contribution in [3.05, 3.63) is 29.8 Å². The molecule has 0 fully saturated rings. The zero-order valence-corrected chi connectivity index (χ0v) is 16.5. The number of ether oxygens (including phenoxy) is 2. The number of halogens is 4. The number of hydrogen-bond donors (Lipinski definition) is 2. The fourth-order valence-electron chi connectivity index (χ4n) is 2.27. The highest BCUT2D eigenvalue weighted by molar-refractivity contribution is 5.88. The smallest absolute Gasteiger partial charge is 0.345 e. The first-order valence-corrected chi connectivity index (χ1v) is 8.92. The number of rotatable bonds is 10. The van der Waals surface area contributed by atoms with Gasteiger partial charge in [-0.25, -0.2) is 15.0 Å². The van der Waals surface area contributed by atoms with Gasteiger partial charge in [-0.3, -0.25) is 4.79 Å². The van der Waals surface area contributed by atoms with Crippen LogP contribution in [0.2, 0.25) is 0 Å². The van der Waals surface area contributed by atoms with Gasteiger partial charge in [0, 0.05) is 31.7 Å². The molecule has 0 radical (unpaired) electrons. The molecule has 0 saturated heterocycles. The Morgan fingerprint density at radius 2 is 1.93 bits per heavy atom. The molecule has 0 spiro atoms. The second-order valence-corrected chi connectivity index (χ2v) is 6.16. The van der Waals surface area contributed by atoms with Crippen molar-refractivity contribution in [2.24, 2.45) is 0 Å². The quantitative estimate of drug-likeness (QED) is 0.435. The van der Waals surface area contributed by atoms with Crippen molar-refractivity contribution >= 4 is 23.2 Å². The Morgan fingerprint density at radius 3 is 2.53 bits per heavy atom. The largest absolute Gasteiger partial charge is 0.487 e. The summed E-state index contributed by atoms with van der Waals surface area (Å²) in [7, 11) is 0. The van der Waals surface area contributed by atoms with E-state index in [0.717, 1.165) is 0 Å². The fourth-order valence-corrected chi connectivity index (χ4v) is 2.27. The molecular weight excluding hydrogens is 410 g/mol. The molecule has 2 aromatic rings. The zero-order chi connectivity index (χ0) is 22.3. The van der Waals surface area contributed by atoms with E-state index in [9.17, 15) is 22.4 Å². The summed E-state index contributed by atoms with van der Waals surface area (Å²) in [6, 6.07) is 2.87. The number of nitrogens with zero attached hydrogens (tertiary/aromatic N) is 3. The summed E-state index contributed by atoms with van der Waals surface area (Å²) >= 11 is 0. The van der Waals surface area contributed by atoms with Crippen LogP contribution in [0.4, 0.5) is 34.9 Å². The number of anilines is 3. The highest BCUT2D eigenvalue weighted by Gasteiger charge is 2.29. The van der Waals surface area contributed by atoms with E-state index in [4.69, 9.17) is 4.74 Å². The molecule has 2 rings (SSSR count). The molecule has 164 valence electrons. The number of aromatic nitrogens is 3. The molecule has 2 heterocycles. The predicted molar refractivity (Wildman–Crippen MR) is 100 cm³/mol. The first-order chi connectivity index (χ1) is 14.1. The van der Waals surface area contributed by atoms with Crippen LogP contribution in [0.3, 0.4) is 0 Å². The summed E-state index contributed by atoms with van der Waals surface area (Å²) in [4.78, 5) is 22.9. The third-order valence-electron chi connectivity index (χ3n) is 3.55. The molecule has 0 aliphatic heterocycles. The van der Waals surface area contributed by atoms with Gasteiger partial charge in [0.05, 0.1) is 18.5 Å². The minimum atomic E-state index is -3.26. The van der Waals surface area contributed by atoms with Crippen LogP contribution in [0, 0.1) is 0 Å².